The molecule has 2 nitrogen and oxygen atoms in total. The van der Waals surface area contributed by atoms with E-state index in [4.69, 9.17) is 9.84 Å². The zero-order chi connectivity index (χ0) is 7.56. The fourth-order valence-corrected chi connectivity index (χ4v) is 1.62. The third-order valence-electron chi connectivity index (χ3n) is 2.36. The molecule has 0 aliphatic carbocycles. The second kappa shape index (κ2) is 3.35. The molecule has 3 atom stereocenters. The smallest absolute Gasteiger partial charge is 0.0813 e. The highest BCUT2D eigenvalue weighted by molar-refractivity contribution is 4.77. The van der Waals surface area contributed by atoms with E-state index < -0.39 is 0 Å². The van der Waals surface area contributed by atoms with Crippen LogP contribution in [-0.4, -0.2) is 23.9 Å². The van der Waals surface area contributed by atoms with E-state index in [9.17, 15) is 0 Å². The topological polar surface area (TPSA) is 29.5 Å². The van der Waals surface area contributed by atoms with E-state index in [2.05, 4.69) is 13.8 Å². The van der Waals surface area contributed by atoms with Crippen molar-refractivity contribution in [3.63, 3.8) is 0 Å². The van der Waals surface area contributed by atoms with Crippen LogP contribution in [0.15, 0.2) is 0 Å². The molecule has 1 N–H and O–H groups in total. The van der Waals surface area contributed by atoms with Crippen LogP contribution in [0.1, 0.15) is 26.7 Å². The van der Waals surface area contributed by atoms with Gasteiger partial charge >= 0.3 is 0 Å². The first-order valence-electron chi connectivity index (χ1n) is 4.04. The van der Waals surface area contributed by atoms with E-state index in [1.54, 1.807) is 0 Å². The summed E-state index contributed by atoms with van der Waals surface area (Å²) in [6.07, 6.45) is 2.66. The predicted molar refractivity (Wildman–Crippen MR) is 39.8 cm³/mol. The Hall–Kier alpha value is -0.0800. The lowest BCUT2D eigenvalue weighted by Crippen LogP contribution is -2.12. The Labute approximate surface area is 62.2 Å². The summed E-state index contributed by atoms with van der Waals surface area (Å²) in [7, 11) is 0. The van der Waals surface area contributed by atoms with Crippen LogP contribution in [0, 0.1) is 5.92 Å². The lowest BCUT2D eigenvalue weighted by atomic mass is 9.98. The monoisotopic (exact) mass is 144 g/mol. The molecule has 0 bridgehead atoms. The van der Waals surface area contributed by atoms with E-state index in [-0.39, 0.29) is 12.7 Å². The number of aliphatic hydroxyl groups is 1. The maximum Gasteiger partial charge on any atom is 0.0813 e. The third kappa shape index (κ3) is 1.50. The van der Waals surface area contributed by atoms with E-state index in [1.165, 1.54) is 0 Å². The number of aliphatic hydroxyl groups excluding tert-OH is 1. The Balaban J connectivity index is 2.36. The highest BCUT2D eigenvalue weighted by atomic mass is 16.5. The van der Waals surface area contributed by atoms with Gasteiger partial charge in [-0.25, -0.2) is 0 Å². The Bertz CT molecular complexity index is 103. The zero-order valence-corrected chi connectivity index (χ0v) is 6.71. The van der Waals surface area contributed by atoms with Crippen LogP contribution >= 0.6 is 0 Å². The van der Waals surface area contributed by atoms with Gasteiger partial charge in [0.2, 0.25) is 0 Å². The van der Waals surface area contributed by atoms with Gasteiger partial charge in [-0.15, -0.1) is 0 Å². The summed E-state index contributed by atoms with van der Waals surface area (Å²) in [5.41, 5.74) is 0. The maximum atomic E-state index is 8.77. The van der Waals surface area contributed by atoms with Crippen LogP contribution in [0.3, 0.4) is 0 Å². The number of rotatable bonds is 2. The number of hydrogen-bond donors (Lipinski definition) is 1. The van der Waals surface area contributed by atoms with Crippen LogP contribution in [0.2, 0.25) is 0 Å². The van der Waals surface area contributed by atoms with Crippen molar-refractivity contribution >= 4 is 0 Å². The normalized spacial score (nSPS) is 40.5. The predicted octanol–water partition coefficient (Wildman–Crippen LogP) is 1.18. The largest absolute Gasteiger partial charge is 0.394 e. The summed E-state index contributed by atoms with van der Waals surface area (Å²) < 4.78 is 5.46. The first-order valence-corrected chi connectivity index (χ1v) is 4.04. The average Bonchev–Trinajstić information content (AvgIpc) is 2.30. The van der Waals surface area contributed by atoms with Gasteiger partial charge in [-0.05, 0) is 19.3 Å². The van der Waals surface area contributed by atoms with Crippen LogP contribution in [0.4, 0.5) is 0 Å². The second-order valence-corrected chi connectivity index (χ2v) is 3.05. The molecule has 3 unspecified atom stereocenters. The lowest BCUT2D eigenvalue weighted by Gasteiger charge is -2.09. The molecular weight excluding hydrogens is 128 g/mol. The second-order valence-electron chi connectivity index (χ2n) is 3.05. The summed E-state index contributed by atoms with van der Waals surface area (Å²) in [6.45, 7) is 4.44. The molecule has 1 heterocycles. The van der Waals surface area contributed by atoms with E-state index in [0.29, 0.717) is 12.0 Å². The van der Waals surface area contributed by atoms with Gasteiger partial charge in [0.25, 0.3) is 0 Å². The molecule has 0 spiro atoms. The standard InChI is InChI=1S/C8H16O2/c1-3-7-4-8(5-9)10-6(7)2/h6-9H,3-5H2,1-2H3. The first kappa shape index (κ1) is 8.02. The highest BCUT2D eigenvalue weighted by Gasteiger charge is 2.29. The maximum absolute atomic E-state index is 8.77. The third-order valence-corrected chi connectivity index (χ3v) is 2.36. The van der Waals surface area contributed by atoms with Crippen molar-refractivity contribution in [2.75, 3.05) is 6.61 Å². The average molecular weight is 144 g/mol. The molecule has 1 fully saturated rings. The highest BCUT2D eigenvalue weighted by Crippen LogP contribution is 2.27. The Morgan fingerprint density at radius 2 is 2.30 bits per heavy atom. The fraction of sp³-hybridized carbons (Fsp3) is 1.00. The van der Waals surface area contributed by atoms with Crippen molar-refractivity contribution in [3.8, 4) is 0 Å². The quantitative estimate of drug-likeness (QED) is 0.630. The summed E-state index contributed by atoms with van der Waals surface area (Å²) in [5.74, 6) is 0.664. The molecule has 1 aliphatic heterocycles. The molecule has 1 aliphatic rings. The van der Waals surface area contributed by atoms with Gasteiger partial charge in [0.05, 0.1) is 18.8 Å². The van der Waals surface area contributed by atoms with Crippen LogP contribution in [-0.2, 0) is 4.74 Å². The molecule has 0 aromatic rings. The lowest BCUT2D eigenvalue weighted by molar-refractivity contribution is 0.0137. The van der Waals surface area contributed by atoms with E-state index >= 15 is 0 Å². The van der Waals surface area contributed by atoms with E-state index in [1.807, 2.05) is 0 Å². The molecule has 0 aromatic heterocycles. The summed E-state index contributed by atoms with van der Waals surface area (Å²) >= 11 is 0. The van der Waals surface area contributed by atoms with Gasteiger partial charge in [0.15, 0.2) is 0 Å². The Morgan fingerprint density at radius 3 is 2.60 bits per heavy atom. The molecule has 2 heteroatoms. The molecule has 0 saturated carbocycles. The molecule has 10 heavy (non-hydrogen) atoms. The van der Waals surface area contributed by atoms with Gasteiger partial charge in [-0.3, -0.25) is 0 Å². The number of ether oxygens (including phenoxy) is 1. The van der Waals surface area contributed by atoms with Crippen molar-refractivity contribution < 1.29 is 9.84 Å². The minimum absolute atomic E-state index is 0.111. The molecule has 0 amide bonds. The summed E-state index contributed by atoms with van der Waals surface area (Å²) in [6, 6.07) is 0. The van der Waals surface area contributed by atoms with Crippen molar-refractivity contribution in [2.45, 2.75) is 38.9 Å². The van der Waals surface area contributed by atoms with Gasteiger partial charge in [0.1, 0.15) is 0 Å². The summed E-state index contributed by atoms with van der Waals surface area (Å²) in [4.78, 5) is 0. The Kier molecular flexibility index (Phi) is 2.69. The molecular formula is C8H16O2. The van der Waals surface area contributed by atoms with Gasteiger partial charge in [0, 0.05) is 0 Å². The number of hydrogen-bond acceptors (Lipinski definition) is 2. The molecule has 0 aromatic carbocycles. The molecule has 1 rings (SSSR count). The molecule has 0 radical (unpaired) electrons. The van der Waals surface area contributed by atoms with Crippen molar-refractivity contribution in [3.05, 3.63) is 0 Å². The molecule has 1 saturated heterocycles. The first-order chi connectivity index (χ1) is 4.77. The SMILES string of the molecule is CCC1CC(CO)OC1C. The van der Waals surface area contributed by atoms with Crippen LogP contribution in [0.25, 0.3) is 0 Å². The molecule has 60 valence electrons. The van der Waals surface area contributed by atoms with Gasteiger partial charge in [-0.2, -0.15) is 0 Å². The van der Waals surface area contributed by atoms with Crippen molar-refractivity contribution in [2.24, 2.45) is 5.92 Å². The van der Waals surface area contributed by atoms with Gasteiger partial charge < -0.3 is 9.84 Å². The fourth-order valence-electron chi connectivity index (χ4n) is 1.62. The van der Waals surface area contributed by atoms with Crippen molar-refractivity contribution in [1.29, 1.82) is 0 Å². The van der Waals surface area contributed by atoms with Crippen molar-refractivity contribution in [1.82, 2.24) is 0 Å². The van der Waals surface area contributed by atoms with Gasteiger partial charge in [-0.1, -0.05) is 13.3 Å². The summed E-state index contributed by atoms with van der Waals surface area (Å²) in [5, 5.41) is 8.77. The minimum Gasteiger partial charge on any atom is -0.394 e. The van der Waals surface area contributed by atoms with Crippen LogP contribution < -0.4 is 0 Å². The van der Waals surface area contributed by atoms with Crippen LogP contribution in [0.5, 0.6) is 0 Å². The minimum atomic E-state index is 0.111. The van der Waals surface area contributed by atoms with E-state index in [0.717, 1.165) is 12.8 Å². The zero-order valence-electron chi connectivity index (χ0n) is 6.71. The Morgan fingerprint density at radius 1 is 1.60 bits per heavy atom.